The van der Waals surface area contributed by atoms with Crippen LogP contribution in [0.4, 0.5) is 0 Å². The Morgan fingerprint density at radius 3 is 2.22 bits per heavy atom. The minimum atomic E-state index is -2.20. The van der Waals surface area contributed by atoms with Gasteiger partial charge >= 0.3 is 0 Å². The normalized spacial score (nSPS) is 30.2. The Labute approximate surface area is 136 Å². The third-order valence-electron chi connectivity index (χ3n) is 4.54. The Balaban J connectivity index is 1.89. The summed E-state index contributed by atoms with van der Waals surface area (Å²) in [5.41, 5.74) is 0.675. The molecule has 3 rings (SSSR count). The van der Waals surface area contributed by atoms with Crippen LogP contribution in [0.25, 0.3) is 0 Å². The molecule has 7 nitrogen and oxygen atoms in total. The van der Waals surface area contributed by atoms with E-state index in [2.05, 4.69) is 0 Å². The first-order valence-electron chi connectivity index (χ1n) is 7.44. The molecule has 1 fully saturated rings. The van der Waals surface area contributed by atoms with Gasteiger partial charge in [-0.1, -0.05) is 12.1 Å². The van der Waals surface area contributed by atoms with Crippen LogP contribution < -0.4 is 0 Å². The van der Waals surface area contributed by atoms with Crippen molar-refractivity contribution >= 4 is 23.1 Å². The number of fused-ring (bicyclic) bond motifs is 1. The van der Waals surface area contributed by atoms with Crippen LogP contribution in [-0.2, 0) is 11.3 Å². The summed E-state index contributed by atoms with van der Waals surface area (Å²) >= 11 is -2.20. The molecule has 124 valence electrons. The second-order valence-corrected chi connectivity index (χ2v) is 6.85. The molecule has 2 N–H and O–H groups in total. The molecule has 0 radical (unpaired) electrons. The Morgan fingerprint density at radius 2 is 1.70 bits per heavy atom. The van der Waals surface area contributed by atoms with Crippen molar-refractivity contribution in [2.45, 2.75) is 38.0 Å². The minimum absolute atomic E-state index is 0.0671. The van der Waals surface area contributed by atoms with Gasteiger partial charge < -0.3 is 5.11 Å². The summed E-state index contributed by atoms with van der Waals surface area (Å²) in [7, 11) is 0. The van der Waals surface area contributed by atoms with Gasteiger partial charge in [0.1, 0.15) is 0 Å². The summed E-state index contributed by atoms with van der Waals surface area (Å²) in [4.78, 5) is 26.2. The van der Waals surface area contributed by atoms with Crippen molar-refractivity contribution in [1.82, 2.24) is 9.21 Å². The highest BCUT2D eigenvalue weighted by Crippen LogP contribution is 2.30. The van der Waals surface area contributed by atoms with Crippen LogP contribution >= 0.6 is 0 Å². The van der Waals surface area contributed by atoms with Crippen molar-refractivity contribution in [2.24, 2.45) is 0 Å². The molecular formula is C15H18N2O5S. The molecule has 2 aliphatic heterocycles. The van der Waals surface area contributed by atoms with Gasteiger partial charge in [0.25, 0.3) is 11.8 Å². The molecule has 4 atom stereocenters. The number of hydrogen-bond donors (Lipinski definition) is 2. The fourth-order valence-electron chi connectivity index (χ4n) is 3.26. The lowest BCUT2D eigenvalue weighted by molar-refractivity contribution is 0.0320. The average molecular weight is 338 g/mol. The summed E-state index contributed by atoms with van der Waals surface area (Å²) in [6.07, 6.45) is -0.179. The van der Waals surface area contributed by atoms with Crippen molar-refractivity contribution in [2.75, 3.05) is 6.54 Å². The average Bonchev–Trinajstić information content (AvgIpc) is 2.67. The summed E-state index contributed by atoms with van der Waals surface area (Å²) in [6.45, 7) is 1.72. The molecule has 1 saturated heterocycles. The van der Waals surface area contributed by atoms with Gasteiger partial charge in [-0.25, -0.2) is 4.21 Å². The Morgan fingerprint density at radius 1 is 1.13 bits per heavy atom. The zero-order chi connectivity index (χ0) is 16.7. The van der Waals surface area contributed by atoms with E-state index in [-0.39, 0.29) is 12.6 Å². The van der Waals surface area contributed by atoms with Gasteiger partial charge in [-0.2, -0.15) is 4.31 Å². The molecule has 0 saturated carbocycles. The molecule has 2 aliphatic rings. The smallest absolute Gasteiger partial charge is 0.261 e. The lowest BCUT2D eigenvalue weighted by Crippen LogP contribution is -2.49. The highest BCUT2D eigenvalue weighted by molar-refractivity contribution is 7.76. The van der Waals surface area contributed by atoms with E-state index < -0.39 is 35.2 Å². The van der Waals surface area contributed by atoms with Gasteiger partial charge in [0.2, 0.25) is 11.3 Å². The highest BCUT2D eigenvalue weighted by atomic mass is 32.2. The van der Waals surface area contributed by atoms with E-state index >= 15 is 0 Å². The van der Waals surface area contributed by atoms with Crippen LogP contribution in [0.2, 0.25) is 0 Å². The van der Waals surface area contributed by atoms with E-state index in [1.165, 1.54) is 4.31 Å². The number of imide groups is 1. The van der Waals surface area contributed by atoms with Gasteiger partial charge in [0, 0.05) is 12.6 Å². The van der Waals surface area contributed by atoms with Crippen LogP contribution in [-0.4, -0.2) is 59.6 Å². The highest BCUT2D eigenvalue weighted by Gasteiger charge is 2.44. The van der Waals surface area contributed by atoms with Crippen LogP contribution in [0.5, 0.6) is 0 Å². The summed E-state index contributed by atoms with van der Waals surface area (Å²) in [6, 6.07) is 5.65. The van der Waals surface area contributed by atoms with Crippen molar-refractivity contribution in [3.8, 4) is 0 Å². The number of benzene rings is 1. The van der Waals surface area contributed by atoms with Crippen LogP contribution in [0.15, 0.2) is 24.3 Å². The quantitative estimate of drug-likeness (QED) is 0.609. The van der Waals surface area contributed by atoms with Crippen LogP contribution in [0.3, 0.4) is 0 Å². The van der Waals surface area contributed by atoms with Crippen molar-refractivity contribution in [3.05, 3.63) is 35.4 Å². The van der Waals surface area contributed by atoms with E-state index in [4.69, 9.17) is 0 Å². The molecule has 0 bridgehead atoms. The van der Waals surface area contributed by atoms with Gasteiger partial charge in [-0.3, -0.25) is 19.0 Å². The zero-order valence-corrected chi connectivity index (χ0v) is 13.4. The number of β-amino-alcohol motifs (C(OH)–C–C–N with tert-alkyl or cyclic N) is 1. The Kier molecular flexibility index (Phi) is 4.33. The second-order valence-electron chi connectivity index (χ2n) is 5.92. The maximum atomic E-state index is 12.5. The molecule has 0 aliphatic carbocycles. The molecule has 2 heterocycles. The van der Waals surface area contributed by atoms with Crippen LogP contribution in [0.1, 0.15) is 40.5 Å². The van der Waals surface area contributed by atoms with E-state index in [0.717, 1.165) is 4.90 Å². The zero-order valence-electron chi connectivity index (χ0n) is 12.6. The summed E-state index contributed by atoms with van der Waals surface area (Å²) in [5.74, 6) is -0.832. The second kappa shape index (κ2) is 6.12. The maximum absolute atomic E-state index is 12.5. The minimum Gasteiger partial charge on any atom is -0.390 e. The van der Waals surface area contributed by atoms with Crippen molar-refractivity contribution < 1.29 is 23.5 Å². The number of aliphatic hydroxyl groups excluding tert-OH is 1. The maximum Gasteiger partial charge on any atom is 0.261 e. The molecule has 1 unspecified atom stereocenters. The predicted octanol–water partition coefficient (Wildman–Crippen LogP) is 0.633. The number of aliphatic hydroxyl groups is 1. The molecule has 0 aromatic heterocycles. The molecule has 8 heteroatoms. The predicted molar refractivity (Wildman–Crippen MR) is 82.9 cm³/mol. The Bertz CT molecular complexity index is 645. The first-order valence-corrected chi connectivity index (χ1v) is 8.50. The number of carbonyl (C=O) groups is 2. The van der Waals surface area contributed by atoms with E-state index in [1.54, 1.807) is 31.2 Å². The van der Waals surface area contributed by atoms with E-state index in [0.29, 0.717) is 24.0 Å². The summed E-state index contributed by atoms with van der Waals surface area (Å²) in [5, 5.41) is 10.4. The molecule has 0 spiro atoms. The molecule has 1 aromatic carbocycles. The SMILES string of the molecule is C[C@H]1CC[C@H](N2C(=O)c3ccccc3C2=O)[C@@H](O)CN1S(=O)O. The van der Waals surface area contributed by atoms with Crippen LogP contribution in [0, 0.1) is 0 Å². The number of hydrogen-bond acceptors (Lipinski definition) is 4. The third kappa shape index (κ3) is 2.72. The van der Waals surface area contributed by atoms with Gasteiger partial charge in [-0.15, -0.1) is 0 Å². The lowest BCUT2D eigenvalue weighted by Gasteiger charge is -2.29. The third-order valence-corrected chi connectivity index (χ3v) is 5.45. The monoisotopic (exact) mass is 338 g/mol. The molecule has 1 aromatic rings. The first kappa shape index (κ1) is 16.3. The topological polar surface area (TPSA) is 98.2 Å². The molecule has 2 amide bonds. The number of nitrogens with zero attached hydrogens (tertiary/aromatic N) is 2. The van der Waals surface area contributed by atoms with Gasteiger partial charge in [-0.05, 0) is 31.9 Å². The number of rotatable bonds is 2. The fourth-order valence-corrected chi connectivity index (χ4v) is 3.96. The van der Waals surface area contributed by atoms with E-state index in [9.17, 15) is 23.5 Å². The largest absolute Gasteiger partial charge is 0.390 e. The number of amides is 2. The van der Waals surface area contributed by atoms with E-state index in [1.807, 2.05) is 0 Å². The van der Waals surface area contributed by atoms with Gasteiger partial charge in [0.15, 0.2) is 0 Å². The number of carbonyl (C=O) groups excluding carboxylic acids is 2. The molecule has 23 heavy (non-hydrogen) atoms. The van der Waals surface area contributed by atoms with Crippen molar-refractivity contribution in [3.63, 3.8) is 0 Å². The first-order chi connectivity index (χ1) is 10.9. The fraction of sp³-hybridized carbons (Fsp3) is 0.467. The molecular weight excluding hydrogens is 320 g/mol. The van der Waals surface area contributed by atoms with Gasteiger partial charge in [0.05, 0.1) is 23.3 Å². The Hall–Kier alpha value is -1.61. The lowest BCUT2D eigenvalue weighted by atomic mass is 10.0. The summed E-state index contributed by atoms with van der Waals surface area (Å²) < 4.78 is 22.0. The standard InChI is InChI=1S/C15H18N2O5S/c1-9-6-7-12(13(18)8-16(9)23(21)22)17-14(19)10-4-2-3-5-11(10)15(17)20/h2-5,9,12-13,18H,6-8H2,1H3,(H,21,22)/t9-,12-,13-/m0/s1. The van der Waals surface area contributed by atoms with Crippen molar-refractivity contribution in [1.29, 1.82) is 0 Å².